The number of carbonyl (C=O) groups excluding carboxylic acids is 2. The highest BCUT2D eigenvalue weighted by atomic mass is 32.2. The number of pyridine rings is 1. The van der Waals surface area contributed by atoms with E-state index in [9.17, 15) is 18.0 Å². The van der Waals surface area contributed by atoms with Crippen molar-refractivity contribution in [1.29, 1.82) is 0 Å². The number of aromatic nitrogens is 1. The van der Waals surface area contributed by atoms with Gasteiger partial charge in [-0.15, -0.1) is 0 Å². The molecule has 0 radical (unpaired) electrons. The quantitative estimate of drug-likeness (QED) is 0.575. The van der Waals surface area contributed by atoms with E-state index in [1.807, 2.05) is 6.26 Å². The Labute approximate surface area is 193 Å². The van der Waals surface area contributed by atoms with Gasteiger partial charge in [0.25, 0.3) is 0 Å². The molecule has 32 heavy (non-hydrogen) atoms. The molecule has 2 atom stereocenters. The van der Waals surface area contributed by atoms with Crippen LogP contribution in [0.25, 0.3) is 0 Å². The topological polar surface area (TPSA) is 108 Å². The van der Waals surface area contributed by atoms with Crippen LogP contribution in [-0.2, 0) is 19.6 Å². The molecule has 1 aromatic carbocycles. The number of nitrogens with one attached hydrogen (secondary N) is 2. The predicted molar refractivity (Wildman–Crippen MR) is 126 cm³/mol. The van der Waals surface area contributed by atoms with Crippen molar-refractivity contribution in [1.82, 2.24) is 14.6 Å². The Kier molecular flexibility index (Phi) is 8.66. The van der Waals surface area contributed by atoms with Crippen LogP contribution in [0.1, 0.15) is 19.3 Å². The lowest BCUT2D eigenvalue weighted by Gasteiger charge is -2.32. The normalized spacial score (nSPS) is 18.0. The Morgan fingerprint density at radius 2 is 1.94 bits per heavy atom. The fourth-order valence-corrected chi connectivity index (χ4v) is 5.58. The lowest BCUT2D eigenvalue weighted by atomic mass is 9.98. The summed E-state index contributed by atoms with van der Waals surface area (Å²) in [6, 6.07) is 12.7. The van der Waals surface area contributed by atoms with E-state index in [0.29, 0.717) is 37.4 Å². The predicted octanol–water partition coefficient (Wildman–Crippen LogP) is 2.36. The fraction of sp³-hybridized carbons (Fsp3) is 0.409. The number of amides is 2. The van der Waals surface area contributed by atoms with Gasteiger partial charge in [-0.05, 0) is 55.5 Å². The van der Waals surface area contributed by atoms with Crippen molar-refractivity contribution in [3.63, 3.8) is 0 Å². The van der Waals surface area contributed by atoms with Crippen LogP contribution in [-0.4, -0.2) is 60.7 Å². The first-order valence-corrected chi connectivity index (χ1v) is 13.3. The number of hydrogen-bond donors (Lipinski definition) is 2. The van der Waals surface area contributed by atoms with Crippen molar-refractivity contribution in [2.75, 3.05) is 30.4 Å². The molecule has 1 fully saturated rings. The highest BCUT2D eigenvalue weighted by Gasteiger charge is 2.34. The molecule has 172 valence electrons. The maximum atomic E-state index is 13.0. The van der Waals surface area contributed by atoms with E-state index >= 15 is 0 Å². The average Bonchev–Trinajstić information content (AvgIpc) is 2.82. The zero-order valence-electron chi connectivity index (χ0n) is 17.9. The summed E-state index contributed by atoms with van der Waals surface area (Å²) in [6.07, 6.45) is 5.13. The number of sulfonamides is 1. The molecule has 0 bridgehead atoms. The SMILES string of the molecule is CSCC[C@H](NC(=O)C1CCCN(S(=O)(=O)c2ccccc2)C1)C(=O)Nc1ccccn1. The standard InChI is InChI=1S/C22H28N4O4S2/c1-31-15-12-19(22(28)25-20-11-5-6-13-23-20)24-21(27)17-8-7-14-26(16-17)32(29,30)18-9-3-2-4-10-18/h2-6,9-11,13,17,19H,7-8,12,14-16H2,1H3,(H,24,27)(H,23,25,28)/t17?,19-/m0/s1. The minimum atomic E-state index is -3.67. The summed E-state index contributed by atoms with van der Waals surface area (Å²) in [7, 11) is -3.67. The number of thioether (sulfide) groups is 1. The Bertz CT molecular complexity index is 1000. The van der Waals surface area contributed by atoms with Crippen molar-refractivity contribution in [2.24, 2.45) is 5.92 Å². The molecule has 2 heterocycles. The van der Waals surface area contributed by atoms with Crippen molar-refractivity contribution in [3.05, 3.63) is 54.7 Å². The molecule has 1 aromatic heterocycles. The molecule has 0 aliphatic carbocycles. The molecular weight excluding hydrogens is 448 g/mol. The van der Waals surface area contributed by atoms with Crippen LogP contribution in [0.5, 0.6) is 0 Å². The van der Waals surface area contributed by atoms with Crippen molar-refractivity contribution >= 4 is 39.4 Å². The maximum absolute atomic E-state index is 13.0. The molecule has 2 amide bonds. The fourth-order valence-electron chi connectivity index (χ4n) is 3.56. The third-order valence-electron chi connectivity index (χ3n) is 5.30. The largest absolute Gasteiger partial charge is 0.344 e. The number of anilines is 1. The number of nitrogens with zero attached hydrogens (tertiary/aromatic N) is 2. The molecule has 2 aromatic rings. The molecule has 8 nitrogen and oxygen atoms in total. The van der Waals surface area contributed by atoms with Crippen molar-refractivity contribution < 1.29 is 18.0 Å². The summed E-state index contributed by atoms with van der Waals surface area (Å²) in [5.41, 5.74) is 0. The molecule has 2 N–H and O–H groups in total. The van der Waals surface area contributed by atoms with Crippen LogP contribution in [0.2, 0.25) is 0 Å². The number of hydrogen-bond acceptors (Lipinski definition) is 6. The van der Waals surface area contributed by atoms with Crippen LogP contribution in [0, 0.1) is 5.92 Å². The smallest absolute Gasteiger partial charge is 0.248 e. The molecular formula is C22H28N4O4S2. The van der Waals surface area contributed by atoms with E-state index < -0.39 is 22.0 Å². The van der Waals surface area contributed by atoms with E-state index in [1.165, 1.54) is 4.31 Å². The van der Waals surface area contributed by atoms with Crippen LogP contribution in [0.15, 0.2) is 59.6 Å². The van der Waals surface area contributed by atoms with Gasteiger partial charge in [-0.1, -0.05) is 24.3 Å². The van der Waals surface area contributed by atoms with Gasteiger partial charge in [0.05, 0.1) is 10.8 Å². The molecule has 0 saturated carbocycles. The molecule has 1 saturated heterocycles. The average molecular weight is 477 g/mol. The molecule has 1 aliphatic rings. The molecule has 10 heteroatoms. The van der Waals surface area contributed by atoms with Crippen LogP contribution in [0.3, 0.4) is 0 Å². The Morgan fingerprint density at radius 3 is 2.62 bits per heavy atom. The van der Waals surface area contributed by atoms with E-state index in [0.717, 1.165) is 0 Å². The van der Waals surface area contributed by atoms with Crippen molar-refractivity contribution in [2.45, 2.75) is 30.2 Å². The van der Waals surface area contributed by atoms with Gasteiger partial charge >= 0.3 is 0 Å². The van der Waals surface area contributed by atoms with Gasteiger partial charge in [0.2, 0.25) is 21.8 Å². The second kappa shape index (κ2) is 11.4. The third-order valence-corrected chi connectivity index (χ3v) is 7.82. The van der Waals surface area contributed by atoms with Crippen LogP contribution < -0.4 is 10.6 Å². The molecule has 1 unspecified atom stereocenters. The maximum Gasteiger partial charge on any atom is 0.248 e. The summed E-state index contributed by atoms with van der Waals surface area (Å²) < 4.78 is 27.3. The van der Waals surface area contributed by atoms with Crippen molar-refractivity contribution in [3.8, 4) is 0 Å². The minimum Gasteiger partial charge on any atom is -0.344 e. The summed E-state index contributed by atoms with van der Waals surface area (Å²) in [5.74, 6) is -0.0454. The lowest BCUT2D eigenvalue weighted by molar-refractivity contribution is -0.130. The summed E-state index contributed by atoms with van der Waals surface area (Å²) in [6.45, 7) is 0.469. The number of carbonyl (C=O) groups is 2. The second-order valence-corrected chi connectivity index (χ2v) is 10.5. The van der Waals surface area contributed by atoms with Crippen LogP contribution in [0.4, 0.5) is 5.82 Å². The Morgan fingerprint density at radius 1 is 1.19 bits per heavy atom. The zero-order valence-corrected chi connectivity index (χ0v) is 19.6. The lowest BCUT2D eigenvalue weighted by Crippen LogP contribution is -2.50. The number of benzene rings is 1. The Balaban J connectivity index is 1.66. The van der Waals surface area contributed by atoms with Gasteiger partial charge in [-0.2, -0.15) is 16.1 Å². The van der Waals surface area contributed by atoms with E-state index in [2.05, 4.69) is 15.6 Å². The first-order chi connectivity index (χ1) is 15.4. The highest BCUT2D eigenvalue weighted by Crippen LogP contribution is 2.24. The van der Waals surface area contributed by atoms with E-state index in [-0.39, 0.29) is 23.3 Å². The summed E-state index contributed by atoms with van der Waals surface area (Å²) in [4.78, 5) is 30.1. The number of rotatable bonds is 9. The highest BCUT2D eigenvalue weighted by molar-refractivity contribution is 7.98. The van der Waals surface area contributed by atoms with Gasteiger partial charge in [0.15, 0.2) is 0 Å². The Hall–Kier alpha value is -2.43. The van der Waals surface area contributed by atoms with E-state index in [1.54, 1.807) is 66.5 Å². The number of piperidine rings is 1. The van der Waals surface area contributed by atoms with Gasteiger partial charge in [0.1, 0.15) is 11.9 Å². The monoisotopic (exact) mass is 476 g/mol. The minimum absolute atomic E-state index is 0.0974. The van der Waals surface area contributed by atoms with Gasteiger partial charge in [-0.25, -0.2) is 13.4 Å². The first-order valence-electron chi connectivity index (χ1n) is 10.5. The summed E-state index contributed by atoms with van der Waals surface area (Å²) in [5, 5.41) is 5.57. The van der Waals surface area contributed by atoms with Gasteiger partial charge in [-0.3, -0.25) is 9.59 Å². The molecule has 0 spiro atoms. The second-order valence-electron chi connectivity index (χ2n) is 7.56. The molecule has 1 aliphatic heterocycles. The van der Waals surface area contributed by atoms with Gasteiger partial charge < -0.3 is 10.6 Å². The van der Waals surface area contributed by atoms with E-state index in [4.69, 9.17) is 0 Å². The van der Waals surface area contributed by atoms with Crippen LogP contribution >= 0.6 is 11.8 Å². The first kappa shape index (κ1) is 24.2. The van der Waals surface area contributed by atoms with Gasteiger partial charge in [0, 0.05) is 19.3 Å². The summed E-state index contributed by atoms with van der Waals surface area (Å²) >= 11 is 1.58. The third kappa shape index (κ3) is 6.30. The molecule has 3 rings (SSSR count). The zero-order chi connectivity index (χ0) is 23.0.